The summed E-state index contributed by atoms with van der Waals surface area (Å²) in [5, 5.41) is 18.4. The van der Waals surface area contributed by atoms with Gasteiger partial charge in [0.1, 0.15) is 6.07 Å². The van der Waals surface area contributed by atoms with Crippen LogP contribution in [0, 0.1) is 11.3 Å². The first-order chi connectivity index (χ1) is 15.5. The molecule has 0 unspecified atom stereocenters. The van der Waals surface area contributed by atoms with E-state index in [1.807, 2.05) is 24.3 Å². The Morgan fingerprint density at radius 2 is 1.78 bits per heavy atom. The van der Waals surface area contributed by atoms with E-state index in [2.05, 4.69) is 43.3 Å². The van der Waals surface area contributed by atoms with Crippen molar-refractivity contribution in [2.75, 3.05) is 18.0 Å². The number of halogens is 2. The van der Waals surface area contributed by atoms with E-state index >= 15 is 0 Å². The van der Waals surface area contributed by atoms with Crippen LogP contribution in [0.15, 0.2) is 48.5 Å². The van der Waals surface area contributed by atoms with Crippen LogP contribution in [0.4, 0.5) is 5.95 Å². The highest BCUT2D eigenvalue weighted by Crippen LogP contribution is 2.37. The van der Waals surface area contributed by atoms with Crippen molar-refractivity contribution < 1.29 is 0 Å². The number of rotatable bonds is 3. The third-order valence-electron chi connectivity index (χ3n) is 6.02. The van der Waals surface area contributed by atoms with E-state index in [1.165, 1.54) is 0 Å². The molecule has 1 fully saturated rings. The maximum Gasteiger partial charge on any atom is 0.228 e. The average Bonchev–Trinajstić information content (AvgIpc) is 3.25. The molecule has 4 aromatic rings. The molecule has 0 bridgehead atoms. The lowest BCUT2D eigenvalue weighted by Gasteiger charge is -2.39. The molecule has 1 aliphatic heterocycles. The van der Waals surface area contributed by atoms with Gasteiger partial charge >= 0.3 is 0 Å². The Morgan fingerprint density at radius 1 is 1.03 bits per heavy atom. The van der Waals surface area contributed by atoms with Crippen LogP contribution >= 0.6 is 23.2 Å². The summed E-state index contributed by atoms with van der Waals surface area (Å²) in [4.78, 5) is 11.2. The summed E-state index contributed by atoms with van der Waals surface area (Å²) in [6.07, 6.45) is 1.51. The molecule has 160 valence electrons. The predicted octanol–water partition coefficient (Wildman–Crippen LogP) is 4.65. The highest BCUT2D eigenvalue weighted by Gasteiger charge is 2.33. The number of aromatic nitrogens is 4. The van der Waals surface area contributed by atoms with E-state index in [4.69, 9.17) is 28.9 Å². The van der Waals surface area contributed by atoms with Crippen LogP contribution in [-0.4, -0.2) is 33.3 Å². The number of nitrogens with two attached hydrogens (primary N) is 1. The largest absolute Gasteiger partial charge is 0.341 e. The van der Waals surface area contributed by atoms with Crippen LogP contribution in [-0.2, 0) is 5.54 Å². The number of aromatic amines is 1. The average molecular weight is 464 g/mol. The number of hydrogen-bond donors (Lipinski definition) is 2. The van der Waals surface area contributed by atoms with Crippen molar-refractivity contribution in [3.63, 3.8) is 0 Å². The first kappa shape index (κ1) is 20.7. The van der Waals surface area contributed by atoms with E-state index in [0.717, 1.165) is 18.4 Å². The molecule has 1 aliphatic rings. The summed E-state index contributed by atoms with van der Waals surface area (Å²) in [6, 6.07) is 17.6. The number of nitrogens with one attached hydrogen (secondary N) is 1. The summed E-state index contributed by atoms with van der Waals surface area (Å²) < 4.78 is 0. The van der Waals surface area contributed by atoms with Gasteiger partial charge in [0.2, 0.25) is 5.95 Å². The molecule has 1 saturated heterocycles. The molecule has 7 nitrogen and oxygen atoms in total. The lowest BCUT2D eigenvalue weighted by Crippen LogP contribution is -2.48. The molecule has 0 amide bonds. The second-order valence-corrected chi connectivity index (χ2v) is 8.68. The van der Waals surface area contributed by atoms with Gasteiger partial charge in [-0.25, -0.2) is 4.98 Å². The molecular formula is C23H19Cl2N7. The van der Waals surface area contributed by atoms with E-state index in [9.17, 15) is 5.26 Å². The quantitative estimate of drug-likeness (QED) is 0.457. The van der Waals surface area contributed by atoms with Crippen molar-refractivity contribution in [2.45, 2.75) is 18.4 Å². The van der Waals surface area contributed by atoms with Crippen molar-refractivity contribution >= 4 is 40.2 Å². The maximum absolute atomic E-state index is 9.82. The minimum absolute atomic E-state index is 0.234. The van der Waals surface area contributed by atoms with Crippen LogP contribution in [0.5, 0.6) is 0 Å². The standard InChI is InChI=1S/C23H19Cl2N7/c24-16-8-4-7-15(19(16)25)20-18-17(13-26)28-22(29-21(18)31-30-20)32-11-9-23(27,10-12-32)14-5-2-1-3-6-14/h1-8H,9-12,27H2,(H,28,29,30,31). The number of nitriles is 1. The second kappa shape index (κ2) is 8.06. The number of H-pyrrole nitrogens is 1. The molecule has 0 spiro atoms. The van der Waals surface area contributed by atoms with Crippen LogP contribution in [0.1, 0.15) is 24.1 Å². The topological polar surface area (TPSA) is 108 Å². The third-order valence-corrected chi connectivity index (χ3v) is 6.83. The Balaban J connectivity index is 1.48. The highest BCUT2D eigenvalue weighted by molar-refractivity contribution is 6.43. The molecule has 2 aromatic heterocycles. The summed E-state index contributed by atoms with van der Waals surface area (Å²) in [6.45, 7) is 1.36. The lowest BCUT2D eigenvalue weighted by atomic mass is 9.82. The molecule has 5 rings (SSSR count). The SMILES string of the molecule is N#Cc1nc(N2CCC(N)(c3ccccc3)CC2)nc2n[nH]c(-c3cccc(Cl)c3Cl)c12. The molecule has 0 atom stereocenters. The summed E-state index contributed by atoms with van der Waals surface area (Å²) in [5.74, 6) is 0.472. The van der Waals surface area contributed by atoms with Gasteiger partial charge in [-0.3, -0.25) is 5.10 Å². The van der Waals surface area contributed by atoms with Gasteiger partial charge in [-0.15, -0.1) is 0 Å². The number of anilines is 1. The Labute approximate surface area is 194 Å². The smallest absolute Gasteiger partial charge is 0.228 e. The van der Waals surface area contributed by atoms with Gasteiger partial charge in [-0.05, 0) is 24.5 Å². The summed E-state index contributed by atoms with van der Waals surface area (Å²) in [5.41, 5.74) is 9.30. The minimum Gasteiger partial charge on any atom is -0.341 e. The van der Waals surface area contributed by atoms with Crippen LogP contribution < -0.4 is 10.6 Å². The Kier molecular flexibility index (Phi) is 5.22. The lowest BCUT2D eigenvalue weighted by molar-refractivity contribution is 0.340. The molecular weight excluding hydrogens is 445 g/mol. The van der Waals surface area contributed by atoms with Gasteiger partial charge in [0, 0.05) is 24.2 Å². The van der Waals surface area contributed by atoms with Crippen molar-refractivity contribution in [3.8, 4) is 17.3 Å². The van der Waals surface area contributed by atoms with Crippen molar-refractivity contribution in [3.05, 3.63) is 69.8 Å². The van der Waals surface area contributed by atoms with E-state index < -0.39 is 0 Å². The van der Waals surface area contributed by atoms with E-state index in [1.54, 1.807) is 12.1 Å². The third kappa shape index (κ3) is 3.47. The Morgan fingerprint density at radius 3 is 2.50 bits per heavy atom. The fraction of sp³-hybridized carbons (Fsp3) is 0.217. The number of hydrogen-bond acceptors (Lipinski definition) is 6. The molecule has 0 radical (unpaired) electrons. The number of benzene rings is 2. The molecule has 3 heterocycles. The van der Waals surface area contributed by atoms with Gasteiger partial charge in [-0.2, -0.15) is 15.3 Å². The zero-order valence-corrected chi connectivity index (χ0v) is 18.5. The summed E-state index contributed by atoms with van der Waals surface area (Å²) in [7, 11) is 0. The normalized spacial score (nSPS) is 15.6. The predicted molar refractivity (Wildman–Crippen MR) is 126 cm³/mol. The van der Waals surface area contributed by atoms with Gasteiger partial charge in [0.25, 0.3) is 0 Å². The fourth-order valence-electron chi connectivity index (χ4n) is 4.19. The van der Waals surface area contributed by atoms with Crippen LogP contribution in [0.3, 0.4) is 0 Å². The molecule has 0 saturated carbocycles. The fourth-order valence-corrected chi connectivity index (χ4v) is 4.59. The first-order valence-corrected chi connectivity index (χ1v) is 11.0. The zero-order valence-electron chi connectivity index (χ0n) is 17.0. The van der Waals surface area contributed by atoms with Crippen LogP contribution in [0.2, 0.25) is 10.0 Å². The first-order valence-electron chi connectivity index (χ1n) is 10.2. The monoisotopic (exact) mass is 463 g/mol. The molecule has 9 heteroatoms. The molecule has 32 heavy (non-hydrogen) atoms. The van der Waals surface area contributed by atoms with Gasteiger partial charge in [-0.1, -0.05) is 65.7 Å². The maximum atomic E-state index is 9.82. The molecule has 3 N–H and O–H groups in total. The van der Waals surface area contributed by atoms with Crippen molar-refractivity contribution in [2.24, 2.45) is 5.73 Å². The zero-order chi connectivity index (χ0) is 22.3. The summed E-state index contributed by atoms with van der Waals surface area (Å²) >= 11 is 12.6. The van der Waals surface area contributed by atoms with Gasteiger partial charge in [0.15, 0.2) is 11.3 Å². The number of piperidine rings is 1. The van der Waals surface area contributed by atoms with Gasteiger partial charge < -0.3 is 10.6 Å². The molecule has 2 aromatic carbocycles. The Bertz CT molecular complexity index is 1340. The van der Waals surface area contributed by atoms with E-state index in [-0.39, 0.29) is 11.2 Å². The van der Waals surface area contributed by atoms with Gasteiger partial charge in [0.05, 0.1) is 21.1 Å². The van der Waals surface area contributed by atoms with Crippen LogP contribution in [0.25, 0.3) is 22.3 Å². The molecule has 0 aliphatic carbocycles. The van der Waals surface area contributed by atoms with Crippen molar-refractivity contribution in [1.29, 1.82) is 5.26 Å². The van der Waals surface area contributed by atoms with E-state index in [0.29, 0.717) is 51.4 Å². The highest BCUT2D eigenvalue weighted by atomic mass is 35.5. The van der Waals surface area contributed by atoms with Crippen molar-refractivity contribution in [1.82, 2.24) is 20.2 Å². The second-order valence-electron chi connectivity index (χ2n) is 7.89. The Hall–Kier alpha value is -3.18. The minimum atomic E-state index is -0.386. The number of nitrogens with zero attached hydrogens (tertiary/aromatic N) is 5. The number of fused-ring (bicyclic) bond motifs is 1.